The first-order valence-corrected chi connectivity index (χ1v) is 13.8. The highest BCUT2D eigenvalue weighted by Crippen LogP contribution is 2.45. The maximum atomic E-state index is 15.2. The van der Waals surface area contributed by atoms with E-state index in [2.05, 4.69) is 20.2 Å². The van der Waals surface area contributed by atoms with Crippen molar-refractivity contribution in [2.45, 2.75) is 90.1 Å². The van der Waals surface area contributed by atoms with Crippen LogP contribution in [0, 0.1) is 0 Å². The SMILES string of the molecule is CC(C)OC(=O)C(C)NP(=O)(NC(C)C(=O)OC(C)C)OC[C@@]1(N=[N+]=[N-])O[C@@H](n2ccc(=O)[nH]c2=O)[C@H](F)[C@@H]1O. The fraction of sp³-hybridized carbons (Fsp3) is 0.714. The van der Waals surface area contributed by atoms with Crippen LogP contribution in [0.4, 0.5) is 4.39 Å². The summed E-state index contributed by atoms with van der Waals surface area (Å²) in [4.78, 5) is 52.7. The van der Waals surface area contributed by atoms with Gasteiger partial charge in [-0.15, -0.1) is 0 Å². The highest BCUT2D eigenvalue weighted by molar-refractivity contribution is 7.54. The zero-order chi connectivity index (χ0) is 30.4. The van der Waals surface area contributed by atoms with Gasteiger partial charge in [0.15, 0.2) is 12.4 Å². The van der Waals surface area contributed by atoms with E-state index in [4.69, 9.17) is 24.3 Å². The Balaban J connectivity index is 2.40. The van der Waals surface area contributed by atoms with Gasteiger partial charge in [0.05, 0.1) is 18.8 Å². The molecule has 19 heteroatoms. The average molecular weight is 594 g/mol. The number of hydrogen-bond donors (Lipinski definition) is 4. The van der Waals surface area contributed by atoms with E-state index in [1.54, 1.807) is 27.7 Å². The van der Waals surface area contributed by atoms with Gasteiger partial charge in [0.1, 0.15) is 18.2 Å². The lowest BCUT2D eigenvalue weighted by atomic mass is 10.1. The van der Waals surface area contributed by atoms with Crippen LogP contribution in [0.2, 0.25) is 0 Å². The minimum Gasteiger partial charge on any atom is -0.462 e. The molecule has 1 aliphatic heterocycles. The standard InChI is InChI=1S/C21H33FN7O10P/c1-10(2)37-18(32)12(5)25-40(35,26-13(6)19(33)38-11(3)4)36-9-21(27-28-23)16(31)15(22)17(39-21)29-8-7-14(30)24-20(29)34/h7-8,10-13,15-17,31H,9H2,1-6H3,(H,24,30,34)(H2,25,26,35)/t12?,13?,15-,16+,17-,21-,40?/m1/s1. The number of alkyl halides is 1. The number of carbonyl (C=O) groups excluding carboxylic acids is 2. The summed E-state index contributed by atoms with van der Waals surface area (Å²) in [5.74, 6) is -1.66. The highest BCUT2D eigenvalue weighted by atomic mass is 31.2. The van der Waals surface area contributed by atoms with Gasteiger partial charge in [0.25, 0.3) is 5.56 Å². The average Bonchev–Trinajstić information content (AvgIpc) is 3.07. The van der Waals surface area contributed by atoms with Crippen LogP contribution in [-0.4, -0.2) is 75.5 Å². The molecule has 0 bridgehead atoms. The predicted molar refractivity (Wildman–Crippen MR) is 135 cm³/mol. The molecule has 17 nitrogen and oxygen atoms in total. The third-order valence-corrected chi connectivity index (χ3v) is 7.24. The van der Waals surface area contributed by atoms with Crippen LogP contribution in [0.1, 0.15) is 47.8 Å². The summed E-state index contributed by atoms with van der Waals surface area (Å²) >= 11 is 0. The van der Waals surface area contributed by atoms with Gasteiger partial charge >= 0.3 is 25.3 Å². The van der Waals surface area contributed by atoms with E-state index in [1.165, 1.54) is 13.8 Å². The molecule has 0 radical (unpaired) electrons. The molecule has 1 fully saturated rings. The molecule has 4 N–H and O–H groups in total. The van der Waals surface area contributed by atoms with Gasteiger partial charge in [0, 0.05) is 17.2 Å². The molecule has 40 heavy (non-hydrogen) atoms. The Morgan fingerprint density at radius 1 is 1.20 bits per heavy atom. The molecule has 224 valence electrons. The van der Waals surface area contributed by atoms with Crippen molar-refractivity contribution >= 4 is 19.6 Å². The number of aliphatic hydroxyl groups is 1. The second-order valence-corrected chi connectivity index (χ2v) is 11.3. The largest absolute Gasteiger partial charge is 0.462 e. The smallest absolute Gasteiger partial charge is 0.342 e. The van der Waals surface area contributed by atoms with Gasteiger partial charge in [0.2, 0.25) is 5.72 Å². The molecule has 0 saturated carbocycles. The fourth-order valence-electron chi connectivity index (χ4n) is 3.47. The number of aromatic nitrogens is 2. The molecular weight excluding hydrogens is 560 g/mol. The van der Waals surface area contributed by atoms with Crippen LogP contribution >= 0.6 is 7.67 Å². The summed E-state index contributed by atoms with van der Waals surface area (Å²) in [6.45, 7) is 7.83. The number of ether oxygens (including phenoxy) is 3. The number of nitrogens with one attached hydrogen (secondary N) is 3. The molecule has 0 spiro atoms. The van der Waals surface area contributed by atoms with Crippen molar-refractivity contribution in [3.63, 3.8) is 0 Å². The summed E-state index contributed by atoms with van der Waals surface area (Å²) < 4.78 is 50.6. The quantitative estimate of drug-likeness (QED) is 0.0815. The highest BCUT2D eigenvalue weighted by Gasteiger charge is 2.57. The molecule has 0 aliphatic carbocycles. The van der Waals surface area contributed by atoms with E-state index >= 15 is 4.39 Å². The molecule has 1 saturated heterocycles. The summed E-state index contributed by atoms with van der Waals surface area (Å²) in [7, 11) is -4.51. The van der Waals surface area contributed by atoms with Crippen LogP contribution in [0.5, 0.6) is 0 Å². The fourth-order valence-corrected chi connectivity index (χ4v) is 5.29. The van der Waals surface area contributed by atoms with Crippen LogP contribution in [-0.2, 0) is 32.9 Å². The second-order valence-electron chi connectivity index (χ2n) is 9.45. The third kappa shape index (κ3) is 8.20. The van der Waals surface area contributed by atoms with Gasteiger partial charge in [-0.25, -0.2) is 19.4 Å². The van der Waals surface area contributed by atoms with Crippen LogP contribution < -0.4 is 21.4 Å². The van der Waals surface area contributed by atoms with Gasteiger partial charge < -0.3 is 23.8 Å². The van der Waals surface area contributed by atoms with E-state index < -0.39 is 86.0 Å². The minimum atomic E-state index is -4.51. The lowest BCUT2D eigenvalue weighted by Gasteiger charge is -2.31. The minimum absolute atomic E-state index is 0.519. The van der Waals surface area contributed by atoms with E-state index in [0.29, 0.717) is 4.57 Å². The van der Waals surface area contributed by atoms with E-state index in [-0.39, 0.29) is 0 Å². The number of aliphatic hydroxyl groups excluding tert-OH is 1. The second kappa shape index (κ2) is 13.5. The number of halogens is 1. The molecule has 1 aliphatic rings. The van der Waals surface area contributed by atoms with Crippen molar-refractivity contribution in [1.29, 1.82) is 0 Å². The van der Waals surface area contributed by atoms with Gasteiger partial charge in [-0.1, -0.05) is 5.11 Å². The number of H-pyrrole nitrogens is 1. The topological polar surface area (TPSA) is 236 Å². The maximum absolute atomic E-state index is 15.2. The Morgan fingerprint density at radius 2 is 1.73 bits per heavy atom. The molecular formula is C21H33FN7O10P. The summed E-state index contributed by atoms with van der Waals surface area (Å²) in [6.07, 6.45) is -6.68. The monoisotopic (exact) mass is 593 g/mol. The number of azide groups is 1. The van der Waals surface area contributed by atoms with Gasteiger partial charge in [-0.3, -0.25) is 28.5 Å². The van der Waals surface area contributed by atoms with Crippen molar-refractivity contribution in [2.75, 3.05) is 6.61 Å². The molecule has 2 unspecified atom stereocenters. The number of carbonyl (C=O) groups is 2. The van der Waals surface area contributed by atoms with Gasteiger partial charge in [-0.2, -0.15) is 0 Å². The number of nitrogens with zero attached hydrogens (tertiary/aromatic N) is 4. The molecule has 6 atom stereocenters. The third-order valence-electron chi connectivity index (χ3n) is 5.29. The Bertz CT molecular complexity index is 1250. The first-order chi connectivity index (χ1) is 18.5. The first kappa shape index (κ1) is 33.1. The summed E-state index contributed by atoms with van der Waals surface area (Å²) in [6, 6.07) is -1.66. The van der Waals surface area contributed by atoms with Crippen molar-refractivity contribution < 1.29 is 42.4 Å². The molecule has 0 amide bonds. The van der Waals surface area contributed by atoms with Crippen LogP contribution in [0.25, 0.3) is 10.4 Å². The Labute approximate surface area is 227 Å². The molecule has 1 aromatic rings. The van der Waals surface area contributed by atoms with E-state index in [1.807, 2.05) is 4.98 Å². The van der Waals surface area contributed by atoms with Gasteiger partial charge in [-0.05, 0) is 47.1 Å². The Kier molecular flexibility index (Phi) is 11.2. The molecule has 1 aromatic heterocycles. The van der Waals surface area contributed by atoms with E-state index in [9.17, 15) is 28.8 Å². The van der Waals surface area contributed by atoms with Crippen molar-refractivity contribution in [1.82, 2.24) is 19.7 Å². The number of hydrogen-bond acceptors (Lipinski definition) is 11. The number of rotatable bonds is 13. The van der Waals surface area contributed by atoms with Crippen molar-refractivity contribution in [3.05, 3.63) is 43.5 Å². The van der Waals surface area contributed by atoms with Crippen molar-refractivity contribution in [3.8, 4) is 0 Å². The Morgan fingerprint density at radius 3 is 2.17 bits per heavy atom. The normalized spacial score (nSPS) is 25.6. The molecule has 2 rings (SSSR count). The lowest BCUT2D eigenvalue weighted by molar-refractivity contribution is -0.149. The molecule has 2 heterocycles. The Hall–Kier alpha value is -3.11. The zero-order valence-corrected chi connectivity index (χ0v) is 23.5. The number of aromatic amines is 1. The number of esters is 2. The predicted octanol–water partition coefficient (Wildman–Crippen LogP) is 0.755. The first-order valence-electron chi connectivity index (χ1n) is 12.1. The zero-order valence-electron chi connectivity index (χ0n) is 22.6. The maximum Gasteiger partial charge on any atom is 0.342 e. The van der Waals surface area contributed by atoms with Crippen molar-refractivity contribution in [2.24, 2.45) is 5.11 Å². The summed E-state index contributed by atoms with van der Waals surface area (Å²) in [5, 5.41) is 18.7. The van der Waals surface area contributed by atoms with Crippen LogP contribution in [0.15, 0.2) is 27.0 Å². The molecule has 0 aromatic carbocycles. The van der Waals surface area contributed by atoms with Crippen LogP contribution in [0.3, 0.4) is 0 Å². The van der Waals surface area contributed by atoms with E-state index in [0.717, 1.165) is 12.3 Å². The lowest BCUT2D eigenvalue weighted by Crippen LogP contribution is -2.47. The summed E-state index contributed by atoms with van der Waals surface area (Å²) in [5.41, 5.74) is 4.67.